The molecule has 0 amide bonds. The van der Waals surface area contributed by atoms with Crippen LogP contribution in [0.5, 0.6) is 5.75 Å². The highest BCUT2D eigenvalue weighted by Crippen LogP contribution is 2.25. The van der Waals surface area contributed by atoms with Crippen molar-refractivity contribution in [2.45, 2.75) is 40.0 Å². The van der Waals surface area contributed by atoms with Gasteiger partial charge in [-0.15, -0.1) is 0 Å². The number of hydrogen-bond acceptors (Lipinski definition) is 2. The fourth-order valence-electron chi connectivity index (χ4n) is 2.81. The first-order chi connectivity index (χ1) is 9.56. The van der Waals surface area contributed by atoms with Crippen molar-refractivity contribution in [2.75, 3.05) is 27.2 Å². The maximum absolute atomic E-state index is 4.97. The van der Waals surface area contributed by atoms with Gasteiger partial charge in [-0.1, -0.05) is 44.4 Å². The number of aryl methyl sites for hydroxylation is 1. The Hall–Kier alpha value is -1.02. The Morgan fingerprint density at radius 1 is 1.20 bits per heavy atom. The van der Waals surface area contributed by atoms with Crippen LogP contribution in [0.1, 0.15) is 38.7 Å². The van der Waals surface area contributed by atoms with Gasteiger partial charge in [-0.2, -0.15) is 0 Å². The van der Waals surface area contributed by atoms with Crippen LogP contribution in [-0.2, 0) is 0 Å². The topological polar surface area (TPSA) is 12.5 Å². The van der Waals surface area contributed by atoms with Crippen molar-refractivity contribution in [3.8, 4) is 5.75 Å². The molecule has 0 radical (unpaired) electrons. The molecule has 0 N–H and O–H groups in total. The zero-order chi connectivity index (χ0) is 15.0. The predicted molar refractivity (Wildman–Crippen MR) is 87.4 cm³/mol. The van der Waals surface area contributed by atoms with Gasteiger partial charge in [0.1, 0.15) is 5.75 Å². The van der Waals surface area contributed by atoms with Crippen LogP contribution in [-0.4, -0.2) is 32.1 Å². The van der Waals surface area contributed by atoms with Crippen molar-refractivity contribution in [3.05, 3.63) is 29.8 Å². The third kappa shape index (κ3) is 5.96. The van der Waals surface area contributed by atoms with Crippen molar-refractivity contribution >= 4 is 0 Å². The summed E-state index contributed by atoms with van der Waals surface area (Å²) in [5.41, 5.74) is 1.26. The normalized spacial score (nSPS) is 22.2. The SMILES string of the molecule is CCCCC1CN(C)CC1C.COc1ccc(C)cc1. The lowest BCUT2D eigenvalue weighted by Gasteiger charge is -2.12. The molecule has 0 spiro atoms. The molecule has 1 aromatic rings. The summed E-state index contributed by atoms with van der Waals surface area (Å²) in [6.07, 6.45) is 4.22. The monoisotopic (exact) mass is 277 g/mol. The van der Waals surface area contributed by atoms with E-state index in [1.165, 1.54) is 37.9 Å². The minimum absolute atomic E-state index is 0.917. The van der Waals surface area contributed by atoms with E-state index < -0.39 is 0 Å². The molecule has 1 heterocycles. The zero-order valence-electron chi connectivity index (χ0n) is 13.9. The fraction of sp³-hybridized carbons (Fsp3) is 0.667. The van der Waals surface area contributed by atoms with Crippen LogP contribution in [0.3, 0.4) is 0 Å². The highest BCUT2D eigenvalue weighted by atomic mass is 16.5. The van der Waals surface area contributed by atoms with Gasteiger partial charge in [0.25, 0.3) is 0 Å². The van der Waals surface area contributed by atoms with Gasteiger partial charge < -0.3 is 9.64 Å². The lowest BCUT2D eigenvalue weighted by molar-refractivity contribution is 0.382. The molecular weight excluding hydrogens is 246 g/mol. The zero-order valence-corrected chi connectivity index (χ0v) is 13.9. The number of ether oxygens (including phenoxy) is 1. The molecule has 2 heteroatoms. The Bertz CT molecular complexity index is 360. The maximum atomic E-state index is 4.97. The Kier molecular flexibility index (Phi) is 7.68. The molecular formula is C18H31NO. The van der Waals surface area contributed by atoms with E-state index in [2.05, 4.69) is 32.7 Å². The molecule has 2 nitrogen and oxygen atoms in total. The number of hydrogen-bond donors (Lipinski definition) is 0. The largest absolute Gasteiger partial charge is 0.497 e. The number of rotatable bonds is 4. The molecule has 1 aliphatic rings. The predicted octanol–water partition coefficient (Wildman–Crippen LogP) is 4.38. The summed E-state index contributed by atoms with van der Waals surface area (Å²) >= 11 is 0. The second-order valence-electron chi connectivity index (χ2n) is 6.12. The molecule has 114 valence electrons. The maximum Gasteiger partial charge on any atom is 0.118 e. The van der Waals surface area contributed by atoms with E-state index >= 15 is 0 Å². The molecule has 0 saturated carbocycles. The summed E-state index contributed by atoms with van der Waals surface area (Å²) in [5.74, 6) is 2.84. The highest BCUT2D eigenvalue weighted by molar-refractivity contribution is 5.25. The Labute approximate surface area is 125 Å². The standard InChI is InChI=1S/C10H21N.C8H10O/c1-4-5-6-10-8-11(3)7-9(10)2;1-7-3-5-8(9-2)6-4-7/h9-10H,4-8H2,1-3H3;3-6H,1-2H3. The van der Waals surface area contributed by atoms with Crippen LogP contribution in [0, 0.1) is 18.8 Å². The van der Waals surface area contributed by atoms with E-state index in [0.717, 1.165) is 17.6 Å². The van der Waals surface area contributed by atoms with Crippen molar-refractivity contribution in [1.29, 1.82) is 0 Å². The smallest absolute Gasteiger partial charge is 0.118 e. The van der Waals surface area contributed by atoms with Crippen molar-refractivity contribution < 1.29 is 4.74 Å². The van der Waals surface area contributed by atoms with Gasteiger partial charge in [0, 0.05) is 13.1 Å². The van der Waals surface area contributed by atoms with Gasteiger partial charge in [0.15, 0.2) is 0 Å². The van der Waals surface area contributed by atoms with E-state index in [1.807, 2.05) is 24.3 Å². The molecule has 0 aromatic heterocycles. The number of likely N-dealkylation sites (tertiary alicyclic amines) is 1. The van der Waals surface area contributed by atoms with Gasteiger partial charge in [-0.25, -0.2) is 0 Å². The highest BCUT2D eigenvalue weighted by Gasteiger charge is 2.25. The third-order valence-electron chi connectivity index (χ3n) is 4.14. The summed E-state index contributed by atoms with van der Waals surface area (Å²) in [6, 6.07) is 7.96. The summed E-state index contributed by atoms with van der Waals surface area (Å²) in [6.45, 7) is 9.38. The van der Waals surface area contributed by atoms with Crippen LogP contribution in [0.2, 0.25) is 0 Å². The van der Waals surface area contributed by atoms with Crippen LogP contribution in [0.4, 0.5) is 0 Å². The molecule has 2 atom stereocenters. The van der Waals surface area contributed by atoms with E-state index in [0.29, 0.717) is 0 Å². The third-order valence-corrected chi connectivity index (χ3v) is 4.14. The van der Waals surface area contributed by atoms with Gasteiger partial charge >= 0.3 is 0 Å². The van der Waals surface area contributed by atoms with E-state index in [4.69, 9.17) is 4.74 Å². The van der Waals surface area contributed by atoms with Crippen molar-refractivity contribution in [3.63, 3.8) is 0 Å². The lowest BCUT2D eigenvalue weighted by Crippen LogP contribution is -2.13. The van der Waals surface area contributed by atoms with Crippen LogP contribution in [0.25, 0.3) is 0 Å². The molecule has 0 aliphatic carbocycles. The number of methoxy groups -OCH3 is 1. The van der Waals surface area contributed by atoms with Crippen LogP contribution in [0.15, 0.2) is 24.3 Å². The first kappa shape index (κ1) is 17.0. The Morgan fingerprint density at radius 3 is 2.30 bits per heavy atom. The van der Waals surface area contributed by atoms with Gasteiger partial charge in [0.2, 0.25) is 0 Å². The average molecular weight is 277 g/mol. The number of benzene rings is 1. The van der Waals surface area contributed by atoms with Gasteiger partial charge in [0.05, 0.1) is 7.11 Å². The summed E-state index contributed by atoms with van der Waals surface area (Å²) in [7, 11) is 3.91. The lowest BCUT2D eigenvalue weighted by atomic mass is 9.93. The summed E-state index contributed by atoms with van der Waals surface area (Å²) < 4.78 is 4.97. The van der Waals surface area contributed by atoms with E-state index in [1.54, 1.807) is 7.11 Å². The molecule has 0 bridgehead atoms. The number of nitrogens with zero attached hydrogens (tertiary/aromatic N) is 1. The Balaban J connectivity index is 0.000000204. The first-order valence-corrected chi connectivity index (χ1v) is 7.86. The minimum atomic E-state index is 0.917. The summed E-state index contributed by atoms with van der Waals surface area (Å²) in [4.78, 5) is 2.46. The van der Waals surface area contributed by atoms with Crippen molar-refractivity contribution in [1.82, 2.24) is 4.90 Å². The van der Waals surface area contributed by atoms with E-state index in [9.17, 15) is 0 Å². The fourth-order valence-corrected chi connectivity index (χ4v) is 2.81. The second kappa shape index (κ2) is 9.02. The molecule has 1 aliphatic heterocycles. The minimum Gasteiger partial charge on any atom is -0.497 e. The average Bonchev–Trinajstić information content (AvgIpc) is 2.76. The molecule has 20 heavy (non-hydrogen) atoms. The second-order valence-corrected chi connectivity index (χ2v) is 6.12. The first-order valence-electron chi connectivity index (χ1n) is 7.86. The molecule has 1 fully saturated rings. The molecule has 1 aromatic carbocycles. The number of unbranched alkanes of at least 4 members (excludes halogenated alkanes) is 1. The molecule has 2 rings (SSSR count). The van der Waals surface area contributed by atoms with Crippen LogP contribution < -0.4 is 4.74 Å². The quantitative estimate of drug-likeness (QED) is 0.810. The molecule has 1 saturated heterocycles. The van der Waals surface area contributed by atoms with Crippen LogP contribution >= 0.6 is 0 Å². The van der Waals surface area contributed by atoms with Crippen molar-refractivity contribution in [2.24, 2.45) is 11.8 Å². The van der Waals surface area contributed by atoms with Gasteiger partial charge in [-0.05, 0) is 44.4 Å². The molecule has 2 unspecified atom stereocenters. The van der Waals surface area contributed by atoms with Gasteiger partial charge in [-0.3, -0.25) is 0 Å². The summed E-state index contributed by atoms with van der Waals surface area (Å²) in [5, 5.41) is 0. The van der Waals surface area contributed by atoms with E-state index in [-0.39, 0.29) is 0 Å². The Morgan fingerprint density at radius 2 is 1.85 bits per heavy atom.